The van der Waals surface area contributed by atoms with E-state index in [0.717, 1.165) is 28.7 Å². The number of anilines is 1. The van der Waals surface area contributed by atoms with E-state index in [1.807, 2.05) is 61.5 Å². The van der Waals surface area contributed by atoms with Gasteiger partial charge in [0.1, 0.15) is 6.04 Å². The van der Waals surface area contributed by atoms with Crippen LogP contribution in [0.25, 0.3) is 0 Å². The normalized spacial score (nSPS) is 23.1. The molecule has 7 rings (SSSR count). The number of nitrogens with zero attached hydrogens (tertiary/aromatic N) is 1. The lowest BCUT2D eigenvalue weighted by molar-refractivity contribution is -0.160. The highest BCUT2D eigenvalue weighted by Crippen LogP contribution is 2.61. The molecule has 1 saturated heterocycles. The molecule has 0 unspecified atom stereocenters. The van der Waals surface area contributed by atoms with Crippen LogP contribution in [0.3, 0.4) is 0 Å². The smallest absolute Gasteiger partial charge is 0.329 e. The van der Waals surface area contributed by atoms with Crippen LogP contribution in [-0.2, 0) is 23.9 Å². The van der Waals surface area contributed by atoms with Gasteiger partial charge in [0.2, 0.25) is 11.8 Å². The fraction of sp³-hybridized carbons (Fsp3) is 0.312. The van der Waals surface area contributed by atoms with Crippen LogP contribution in [-0.4, -0.2) is 41.2 Å². The molecule has 3 amide bonds. The van der Waals surface area contributed by atoms with Gasteiger partial charge in [-0.15, -0.1) is 0 Å². The number of esters is 1. The Morgan fingerprint density at radius 2 is 1.28 bits per heavy atom. The molecule has 2 bridgehead atoms. The van der Waals surface area contributed by atoms with E-state index in [-0.39, 0.29) is 23.7 Å². The molecular weight excluding hydrogens is 492 g/mol. The molecule has 3 aliphatic carbocycles. The van der Waals surface area contributed by atoms with Crippen molar-refractivity contribution in [1.29, 1.82) is 0 Å². The third-order valence-corrected chi connectivity index (χ3v) is 8.30. The third-order valence-electron chi connectivity index (χ3n) is 8.30. The summed E-state index contributed by atoms with van der Waals surface area (Å²) >= 11 is 0. The van der Waals surface area contributed by atoms with Crippen molar-refractivity contribution < 1.29 is 23.9 Å². The van der Waals surface area contributed by atoms with Crippen LogP contribution in [0.2, 0.25) is 0 Å². The van der Waals surface area contributed by atoms with Gasteiger partial charge in [0.25, 0.3) is 5.91 Å². The van der Waals surface area contributed by atoms with Gasteiger partial charge in [-0.2, -0.15) is 0 Å². The van der Waals surface area contributed by atoms with E-state index in [4.69, 9.17) is 4.74 Å². The zero-order valence-corrected chi connectivity index (χ0v) is 21.7. The van der Waals surface area contributed by atoms with Crippen LogP contribution < -0.4 is 5.32 Å². The Kier molecular flexibility index (Phi) is 6.51. The molecule has 7 nitrogen and oxygen atoms in total. The van der Waals surface area contributed by atoms with E-state index < -0.39 is 36.4 Å². The fourth-order valence-corrected chi connectivity index (χ4v) is 6.71. The summed E-state index contributed by atoms with van der Waals surface area (Å²) in [7, 11) is 0. The second kappa shape index (κ2) is 10.1. The van der Waals surface area contributed by atoms with Gasteiger partial charge < -0.3 is 10.1 Å². The van der Waals surface area contributed by atoms with E-state index in [0.29, 0.717) is 18.5 Å². The molecule has 4 aliphatic rings. The van der Waals surface area contributed by atoms with Gasteiger partial charge in [-0.25, -0.2) is 4.79 Å². The number of rotatable bonds is 8. The molecule has 3 atom stereocenters. The predicted octanol–water partition coefficient (Wildman–Crippen LogP) is 4.62. The second-order valence-electron chi connectivity index (χ2n) is 10.5. The molecular formula is C32H30N2O5. The van der Waals surface area contributed by atoms with Crippen molar-refractivity contribution >= 4 is 29.4 Å². The molecule has 0 aromatic heterocycles. The number of benzene rings is 3. The molecule has 0 spiro atoms. The number of para-hydroxylation sites is 1. The van der Waals surface area contributed by atoms with Crippen molar-refractivity contribution in [3.63, 3.8) is 0 Å². The van der Waals surface area contributed by atoms with Crippen molar-refractivity contribution in [3.05, 3.63) is 101 Å². The Balaban J connectivity index is 1.28. The van der Waals surface area contributed by atoms with Crippen LogP contribution in [0.4, 0.5) is 5.69 Å². The summed E-state index contributed by atoms with van der Waals surface area (Å²) in [5.41, 5.74) is 4.91. The first-order valence-electron chi connectivity index (χ1n) is 13.6. The van der Waals surface area contributed by atoms with Crippen LogP contribution in [0.15, 0.2) is 78.9 Å². The zero-order chi connectivity index (χ0) is 27.1. The highest BCUT2D eigenvalue weighted by Gasteiger charge is 2.63. The number of likely N-dealkylation sites (tertiary alicyclic amines) is 1. The maximum absolute atomic E-state index is 14.1. The van der Waals surface area contributed by atoms with Crippen LogP contribution >= 0.6 is 0 Å². The summed E-state index contributed by atoms with van der Waals surface area (Å²) in [5, 5.41) is 2.68. The molecule has 1 fully saturated rings. The number of carbonyl (C=O) groups is 4. The van der Waals surface area contributed by atoms with Gasteiger partial charge in [0, 0.05) is 17.5 Å². The summed E-state index contributed by atoms with van der Waals surface area (Å²) in [4.78, 5) is 55.1. The van der Waals surface area contributed by atoms with Crippen LogP contribution in [0.1, 0.15) is 60.3 Å². The number of amides is 3. The first-order valence-corrected chi connectivity index (χ1v) is 13.6. The lowest BCUT2D eigenvalue weighted by Gasteiger charge is -2.45. The number of imide groups is 1. The van der Waals surface area contributed by atoms with Gasteiger partial charge in [0.05, 0.1) is 11.8 Å². The quantitative estimate of drug-likeness (QED) is 0.344. The Hall–Kier alpha value is -4.26. The van der Waals surface area contributed by atoms with Crippen molar-refractivity contribution in [1.82, 2.24) is 4.90 Å². The fourth-order valence-electron chi connectivity index (χ4n) is 6.71. The molecule has 1 aliphatic heterocycles. The average Bonchev–Trinajstić information content (AvgIpc) is 3.23. The molecule has 3 aromatic carbocycles. The highest BCUT2D eigenvalue weighted by molar-refractivity contribution is 6.10. The standard InChI is InChI=1S/C32H30N2O5/c1-2-3-17-24(32(38)39-18-25(35)33-19-11-5-4-6-12-19)34-30(36)28-26-20-13-7-8-14-21(20)27(29(28)31(34)37)23-16-10-9-15-22(23)26/h4-16,24,26-29H,2-3,17-18H2,1H3,(H,33,35)/t24-,26?,27?,28+,29+/m1/s1. The zero-order valence-electron chi connectivity index (χ0n) is 21.7. The Morgan fingerprint density at radius 1 is 0.795 bits per heavy atom. The third kappa shape index (κ3) is 4.13. The van der Waals surface area contributed by atoms with Gasteiger partial charge in [-0.05, 0) is 40.8 Å². The molecule has 39 heavy (non-hydrogen) atoms. The lowest BCUT2D eigenvalue weighted by atomic mass is 9.55. The molecule has 1 heterocycles. The van der Waals surface area contributed by atoms with E-state index in [2.05, 4.69) is 5.32 Å². The summed E-state index contributed by atoms with van der Waals surface area (Å²) in [6.45, 7) is 1.48. The summed E-state index contributed by atoms with van der Waals surface area (Å²) in [6, 6.07) is 23.9. The minimum absolute atomic E-state index is 0.242. The molecule has 3 aromatic rings. The number of carbonyl (C=O) groups excluding carboxylic acids is 4. The first-order chi connectivity index (χ1) is 19.0. The van der Waals surface area contributed by atoms with Gasteiger partial charge in [-0.3, -0.25) is 19.3 Å². The number of hydrogen-bond donors (Lipinski definition) is 1. The predicted molar refractivity (Wildman–Crippen MR) is 145 cm³/mol. The van der Waals surface area contributed by atoms with E-state index in [1.54, 1.807) is 24.3 Å². The minimum Gasteiger partial charge on any atom is -0.454 e. The Labute approximate surface area is 227 Å². The molecule has 0 saturated carbocycles. The number of unbranched alkanes of at least 4 members (excludes halogenated alkanes) is 1. The summed E-state index contributed by atoms with van der Waals surface area (Å²) in [6.07, 6.45) is 1.71. The molecule has 1 N–H and O–H groups in total. The van der Waals surface area contributed by atoms with E-state index in [1.165, 1.54) is 4.90 Å². The first kappa shape index (κ1) is 25.0. The lowest BCUT2D eigenvalue weighted by Crippen LogP contribution is -2.47. The van der Waals surface area contributed by atoms with Crippen molar-refractivity contribution in [3.8, 4) is 0 Å². The number of nitrogens with one attached hydrogen (secondary N) is 1. The molecule has 198 valence electrons. The SMILES string of the molecule is CCCC[C@H](C(=O)OCC(=O)Nc1ccccc1)N1C(=O)[C@H]2C3c4ccccc4C(c4ccccc43)[C@@H]2C1=O. The van der Waals surface area contributed by atoms with Gasteiger partial charge >= 0.3 is 5.97 Å². The largest absolute Gasteiger partial charge is 0.454 e. The Bertz CT molecular complexity index is 1340. The van der Waals surface area contributed by atoms with Crippen molar-refractivity contribution in [2.75, 3.05) is 11.9 Å². The van der Waals surface area contributed by atoms with Crippen molar-refractivity contribution in [2.45, 2.75) is 44.1 Å². The summed E-state index contributed by atoms with van der Waals surface area (Å²) < 4.78 is 5.39. The monoisotopic (exact) mass is 522 g/mol. The topological polar surface area (TPSA) is 92.8 Å². The Morgan fingerprint density at radius 3 is 1.77 bits per heavy atom. The molecule has 0 radical (unpaired) electrons. The average molecular weight is 523 g/mol. The van der Waals surface area contributed by atoms with Crippen molar-refractivity contribution in [2.24, 2.45) is 11.8 Å². The number of hydrogen-bond acceptors (Lipinski definition) is 5. The maximum atomic E-state index is 14.1. The summed E-state index contributed by atoms with van der Waals surface area (Å²) in [5.74, 6) is -3.47. The van der Waals surface area contributed by atoms with Gasteiger partial charge in [-0.1, -0.05) is 86.5 Å². The second-order valence-corrected chi connectivity index (χ2v) is 10.5. The van der Waals surface area contributed by atoms with Gasteiger partial charge in [0.15, 0.2) is 6.61 Å². The van der Waals surface area contributed by atoms with Crippen LogP contribution in [0.5, 0.6) is 0 Å². The van der Waals surface area contributed by atoms with E-state index in [9.17, 15) is 19.2 Å². The number of ether oxygens (including phenoxy) is 1. The minimum atomic E-state index is -1.06. The maximum Gasteiger partial charge on any atom is 0.329 e. The van der Waals surface area contributed by atoms with E-state index >= 15 is 0 Å². The van der Waals surface area contributed by atoms with Crippen LogP contribution in [0, 0.1) is 11.8 Å². The molecule has 7 heteroatoms. The highest BCUT2D eigenvalue weighted by atomic mass is 16.5.